The van der Waals surface area contributed by atoms with Gasteiger partial charge in [-0.05, 0) is 35.9 Å². The summed E-state index contributed by atoms with van der Waals surface area (Å²) in [4.78, 5) is 21.7. The van der Waals surface area contributed by atoms with Gasteiger partial charge < -0.3 is 5.11 Å². The van der Waals surface area contributed by atoms with Crippen molar-refractivity contribution in [3.63, 3.8) is 0 Å². The lowest BCUT2D eigenvalue weighted by molar-refractivity contribution is -0.384. The number of aromatic carboxylic acids is 1. The van der Waals surface area contributed by atoms with E-state index in [2.05, 4.69) is 0 Å². The second-order valence-corrected chi connectivity index (χ2v) is 5.24. The molecule has 0 aliphatic heterocycles. The molecule has 0 heterocycles. The number of nitrogens with zero attached hydrogens (tertiary/aromatic N) is 1. The standard InChI is InChI=1S/C14H10FNO4S/c15-11-6-9(5-10(7-11)14(17)18)8-21-13-3-1-12(2-4-13)16(19)20/h1-7H,8H2,(H,17,18). The maximum absolute atomic E-state index is 13.3. The van der Waals surface area contributed by atoms with Gasteiger partial charge in [-0.1, -0.05) is 0 Å². The molecule has 0 saturated heterocycles. The number of hydrogen-bond donors (Lipinski definition) is 1. The van der Waals surface area contributed by atoms with Crippen LogP contribution in [0.1, 0.15) is 15.9 Å². The zero-order chi connectivity index (χ0) is 15.4. The third-order valence-corrected chi connectivity index (χ3v) is 3.74. The number of nitro groups is 1. The highest BCUT2D eigenvalue weighted by atomic mass is 32.2. The SMILES string of the molecule is O=C(O)c1cc(F)cc(CSc2ccc([N+](=O)[O-])cc2)c1. The van der Waals surface area contributed by atoms with E-state index < -0.39 is 16.7 Å². The maximum atomic E-state index is 13.3. The molecule has 5 nitrogen and oxygen atoms in total. The normalized spacial score (nSPS) is 10.3. The Hall–Kier alpha value is -2.41. The zero-order valence-corrected chi connectivity index (χ0v) is 11.5. The van der Waals surface area contributed by atoms with Gasteiger partial charge in [0.05, 0.1) is 10.5 Å². The molecular weight excluding hydrogens is 297 g/mol. The Labute approximate surface area is 123 Å². The minimum atomic E-state index is -1.18. The molecule has 0 spiro atoms. The number of hydrogen-bond acceptors (Lipinski definition) is 4. The second kappa shape index (κ2) is 6.36. The van der Waals surface area contributed by atoms with Gasteiger partial charge in [-0.15, -0.1) is 11.8 Å². The van der Waals surface area contributed by atoms with E-state index in [0.29, 0.717) is 11.3 Å². The molecule has 0 aliphatic carbocycles. The van der Waals surface area contributed by atoms with E-state index in [9.17, 15) is 19.3 Å². The Kier molecular flexibility index (Phi) is 4.54. The first-order chi connectivity index (χ1) is 9.95. The van der Waals surface area contributed by atoms with E-state index in [1.165, 1.54) is 36.0 Å². The molecule has 0 saturated carbocycles. The summed E-state index contributed by atoms with van der Waals surface area (Å²) in [5, 5.41) is 19.4. The predicted octanol–water partition coefficient (Wildman–Crippen LogP) is 3.72. The van der Waals surface area contributed by atoms with Crippen LogP contribution in [0.2, 0.25) is 0 Å². The summed E-state index contributed by atoms with van der Waals surface area (Å²) >= 11 is 1.34. The molecule has 2 aromatic rings. The lowest BCUT2D eigenvalue weighted by atomic mass is 10.1. The van der Waals surface area contributed by atoms with E-state index in [-0.39, 0.29) is 11.3 Å². The lowest BCUT2D eigenvalue weighted by Crippen LogP contribution is -1.98. The molecule has 0 fully saturated rings. The summed E-state index contributed by atoms with van der Waals surface area (Å²) < 4.78 is 13.3. The molecule has 1 N–H and O–H groups in total. The number of rotatable bonds is 5. The number of carboxylic acid groups (broad SMARTS) is 1. The van der Waals surface area contributed by atoms with Crippen LogP contribution < -0.4 is 0 Å². The largest absolute Gasteiger partial charge is 0.478 e. The average Bonchev–Trinajstić information content (AvgIpc) is 2.45. The second-order valence-electron chi connectivity index (χ2n) is 4.19. The molecule has 0 amide bonds. The van der Waals surface area contributed by atoms with Crippen molar-refractivity contribution in [2.45, 2.75) is 10.6 Å². The van der Waals surface area contributed by atoms with Gasteiger partial charge in [0, 0.05) is 22.8 Å². The summed E-state index contributed by atoms with van der Waals surface area (Å²) in [5.74, 6) is -1.42. The van der Waals surface area contributed by atoms with Crippen LogP contribution in [-0.4, -0.2) is 16.0 Å². The van der Waals surface area contributed by atoms with Gasteiger partial charge in [-0.3, -0.25) is 10.1 Å². The maximum Gasteiger partial charge on any atom is 0.335 e. The third-order valence-electron chi connectivity index (χ3n) is 2.66. The summed E-state index contributed by atoms with van der Waals surface area (Å²) in [6, 6.07) is 9.60. The van der Waals surface area contributed by atoms with Gasteiger partial charge >= 0.3 is 5.97 Å². The molecule has 108 valence electrons. The molecule has 0 bridgehead atoms. The molecule has 7 heteroatoms. The van der Waals surface area contributed by atoms with E-state index in [1.54, 1.807) is 12.1 Å². The Morgan fingerprint density at radius 2 is 1.90 bits per heavy atom. The van der Waals surface area contributed by atoms with Crippen LogP contribution in [0.25, 0.3) is 0 Å². The highest BCUT2D eigenvalue weighted by molar-refractivity contribution is 7.98. The fourth-order valence-electron chi connectivity index (χ4n) is 1.69. The van der Waals surface area contributed by atoms with Crippen molar-refractivity contribution in [3.05, 3.63) is 69.5 Å². The van der Waals surface area contributed by atoms with Crippen LogP contribution in [0.15, 0.2) is 47.4 Å². The molecule has 21 heavy (non-hydrogen) atoms. The van der Waals surface area contributed by atoms with Crippen LogP contribution in [0.5, 0.6) is 0 Å². The van der Waals surface area contributed by atoms with E-state index in [1.807, 2.05) is 0 Å². The monoisotopic (exact) mass is 307 g/mol. The number of nitro benzene ring substituents is 1. The highest BCUT2D eigenvalue weighted by Gasteiger charge is 2.08. The van der Waals surface area contributed by atoms with Crippen molar-refractivity contribution in [1.82, 2.24) is 0 Å². The zero-order valence-electron chi connectivity index (χ0n) is 10.7. The molecule has 0 aromatic heterocycles. The van der Waals surface area contributed by atoms with Crippen LogP contribution >= 0.6 is 11.8 Å². The van der Waals surface area contributed by atoms with Gasteiger partial charge in [0.1, 0.15) is 5.82 Å². The molecular formula is C14H10FNO4S. The van der Waals surface area contributed by atoms with E-state index in [0.717, 1.165) is 11.0 Å². The van der Waals surface area contributed by atoms with Crippen LogP contribution in [0.4, 0.5) is 10.1 Å². The Balaban J connectivity index is 2.09. The number of benzene rings is 2. The van der Waals surface area contributed by atoms with Crippen molar-refractivity contribution in [3.8, 4) is 0 Å². The van der Waals surface area contributed by atoms with E-state index in [4.69, 9.17) is 5.11 Å². The van der Waals surface area contributed by atoms with Gasteiger partial charge in [-0.2, -0.15) is 0 Å². The lowest BCUT2D eigenvalue weighted by Gasteiger charge is -2.04. The molecule has 0 unspecified atom stereocenters. The van der Waals surface area contributed by atoms with Gasteiger partial charge in [-0.25, -0.2) is 9.18 Å². The van der Waals surface area contributed by atoms with Crippen LogP contribution in [-0.2, 0) is 5.75 Å². The van der Waals surface area contributed by atoms with Gasteiger partial charge in [0.25, 0.3) is 5.69 Å². The smallest absolute Gasteiger partial charge is 0.335 e. The number of thioether (sulfide) groups is 1. The summed E-state index contributed by atoms with van der Waals surface area (Å²) in [5.41, 5.74) is 0.434. The van der Waals surface area contributed by atoms with Gasteiger partial charge in [0.15, 0.2) is 0 Å². The van der Waals surface area contributed by atoms with Crippen LogP contribution in [0, 0.1) is 15.9 Å². The highest BCUT2D eigenvalue weighted by Crippen LogP contribution is 2.25. The number of carboxylic acids is 1. The van der Waals surface area contributed by atoms with E-state index >= 15 is 0 Å². The summed E-state index contributed by atoms with van der Waals surface area (Å²) in [6.07, 6.45) is 0. The Bertz CT molecular complexity index is 688. The first kappa shape index (κ1) is 15.0. The molecule has 2 rings (SSSR count). The molecule has 0 atom stereocenters. The van der Waals surface area contributed by atoms with Crippen molar-refractivity contribution < 1.29 is 19.2 Å². The predicted molar refractivity (Wildman–Crippen MR) is 76.0 cm³/mol. The van der Waals surface area contributed by atoms with Crippen molar-refractivity contribution in [2.75, 3.05) is 0 Å². The number of halogens is 1. The first-order valence-corrected chi connectivity index (χ1v) is 6.84. The first-order valence-electron chi connectivity index (χ1n) is 5.86. The molecule has 2 aromatic carbocycles. The Morgan fingerprint density at radius 3 is 2.48 bits per heavy atom. The van der Waals surface area contributed by atoms with Crippen LogP contribution in [0.3, 0.4) is 0 Å². The Morgan fingerprint density at radius 1 is 1.24 bits per heavy atom. The number of carbonyl (C=O) groups is 1. The van der Waals surface area contributed by atoms with Gasteiger partial charge in [0.2, 0.25) is 0 Å². The topological polar surface area (TPSA) is 80.4 Å². The summed E-state index contributed by atoms with van der Waals surface area (Å²) in [7, 11) is 0. The quantitative estimate of drug-likeness (QED) is 0.517. The molecule has 0 aliphatic rings. The fourth-order valence-corrected chi connectivity index (χ4v) is 2.52. The fraction of sp³-hybridized carbons (Fsp3) is 0.0714. The third kappa shape index (κ3) is 4.03. The van der Waals surface area contributed by atoms with Crippen molar-refractivity contribution in [1.29, 1.82) is 0 Å². The molecule has 0 radical (unpaired) electrons. The van der Waals surface area contributed by atoms with Crippen molar-refractivity contribution >= 4 is 23.4 Å². The average molecular weight is 307 g/mol. The number of non-ortho nitro benzene ring substituents is 1. The minimum absolute atomic E-state index is 0.00160. The minimum Gasteiger partial charge on any atom is -0.478 e. The van der Waals surface area contributed by atoms with Crippen molar-refractivity contribution in [2.24, 2.45) is 0 Å². The summed E-state index contributed by atoms with van der Waals surface area (Å²) in [6.45, 7) is 0.